The van der Waals surface area contributed by atoms with Crippen molar-refractivity contribution in [3.8, 4) is 0 Å². The summed E-state index contributed by atoms with van der Waals surface area (Å²) >= 11 is 4.54. The molecule has 0 bridgehead atoms. The molecule has 1 aromatic carbocycles. The number of rotatable bonds is 3. The quantitative estimate of drug-likeness (QED) is 0.806. The van der Waals surface area contributed by atoms with Crippen LogP contribution < -0.4 is 0 Å². The lowest BCUT2D eigenvalue weighted by Crippen LogP contribution is -2.41. The van der Waals surface area contributed by atoms with Crippen molar-refractivity contribution in [2.24, 2.45) is 0 Å². The van der Waals surface area contributed by atoms with Gasteiger partial charge in [0.05, 0.1) is 0 Å². The molecule has 1 aliphatic heterocycles. The second-order valence-corrected chi connectivity index (χ2v) is 6.73. The van der Waals surface area contributed by atoms with Crippen LogP contribution in [0, 0.1) is 0 Å². The number of nitrogens with zero attached hydrogens (tertiary/aromatic N) is 1. The molecular weight excluding hydrogens is 282 g/mol. The molecular formula is C14H18ClNO2S. The van der Waals surface area contributed by atoms with Crippen molar-refractivity contribution in [1.82, 2.24) is 4.90 Å². The molecule has 104 valence electrons. The zero-order valence-electron chi connectivity index (χ0n) is 11.0. The Hall–Kier alpha value is -0.710. The van der Waals surface area contributed by atoms with Crippen molar-refractivity contribution in [3.05, 3.63) is 29.3 Å². The number of hydrogen-bond acceptors (Lipinski definition) is 2. The summed E-state index contributed by atoms with van der Waals surface area (Å²) in [5.74, 6) is 0.0216. The van der Waals surface area contributed by atoms with E-state index in [0.29, 0.717) is 22.9 Å². The molecule has 2 unspecified atom stereocenters. The molecule has 3 nitrogen and oxygen atoms in total. The molecule has 1 aliphatic rings. The number of carbonyl (C=O) groups excluding carboxylic acids is 1. The number of benzene rings is 1. The van der Waals surface area contributed by atoms with E-state index in [2.05, 4.69) is 0 Å². The van der Waals surface area contributed by atoms with Crippen LogP contribution in [0.2, 0.25) is 5.02 Å². The Morgan fingerprint density at radius 3 is 2.68 bits per heavy atom. The molecule has 0 aliphatic carbocycles. The highest BCUT2D eigenvalue weighted by molar-refractivity contribution is 7.92. The van der Waals surface area contributed by atoms with Gasteiger partial charge in [-0.25, -0.2) is 0 Å². The fourth-order valence-corrected chi connectivity index (χ4v) is 3.89. The first-order valence-electron chi connectivity index (χ1n) is 6.58. The lowest BCUT2D eigenvalue weighted by Gasteiger charge is -2.24. The van der Waals surface area contributed by atoms with Crippen molar-refractivity contribution in [1.29, 1.82) is 0 Å². The third kappa shape index (κ3) is 3.44. The molecule has 0 N–H and O–H groups in total. The van der Waals surface area contributed by atoms with E-state index in [1.807, 2.05) is 11.8 Å². The molecule has 0 radical (unpaired) electrons. The number of carbonyl (C=O) groups is 1. The molecule has 2 rings (SSSR count). The Balaban J connectivity index is 2.18. The second kappa shape index (κ2) is 6.64. The summed E-state index contributed by atoms with van der Waals surface area (Å²) in [6, 6.07) is 6.92. The highest BCUT2D eigenvalue weighted by Gasteiger charge is 2.36. The first kappa shape index (κ1) is 14.7. The smallest absolute Gasteiger partial charge is 0.276 e. The van der Waals surface area contributed by atoms with E-state index in [-0.39, 0.29) is 5.91 Å². The largest absolute Gasteiger partial charge is 0.611 e. The summed E-state index contributed by atoms with van der Waals surface area (Å²) in [5.41, 5.74) is 0. The van der Waals surface area contributed by atoms with Crippen LogP contribution in [0.3, 0.4) is 0 Å². The van der Waals surface area contributed by atoms with Crippen molar-refractivity contribution < 1.29 is 9.35 Å². The molecule has 0 saturated carbocycles. The van der Waals surface area contributed by atoms with Gasteiger partial charge in [0, 0.05) is 24.5 Å². The summed E-state index contributed by atoms with van der Waals surface area (Å²) in [4.78, 5) is 14.9. The first-order valence-corrected chi connectivity index (χ1v) is 8.17. The Labute approximate surface area is 122 Å². The van der Waals surface area contributed by atoms with Crippen molar-refractivity contribution >= 4 is 28.7 Å². The standard InChI is InChI=1S/C14H18ClNO2S/c1-2-16-10-4-3-5-13(14(16)17)19(18)12-8-6-11(15)7-9-12/h6-9,13H,2-5,10H2,1H3. The van der Waals surface area contributed by atoms with E-state index < -0.39 is 16.4 Å². The summed E-state index contributed by atoms with van der Waals surface area (Å²) in [6.45, 7) is 3.43. The minimum absolute atomic E-state index is 0.0216. The molecule has 0 spiro atoms. The number of likely N-dealkylation sites (tertiary alicyclic amines) is 1. The van der Waals surface area contributed by atoms with Crippen molar-refractivity contribution in [2.75, 3.05) is 13.1 Å². The van der Waals surface area contributed by atoms with Gasteiger partial charge in [0.2, 0.25) is 0 Å². The van der Waals surface area contributed by atoms with Gasteiger partial charge in [-0.1, -0.05) is 11.6 Å². The van der Waals surface area contributed by atoms with E-state index in [9.17, 15) is 9.35 Å². The van der Waals surface area contributed by atoms with E-state index in [4.69, 9.17) is 11.6 Å². The average Bonchev–Trinajstić information content (AvgIpc) is 2.60. The van der Waals surface area contributed by atoms with E-state index in [1.54, 1.807) is 24.3 Å². The van der Waals surface area contributed by atoms with E-state index in [1.165, 1.54) is 0 Å². The Bertz CT molecular complexity index is 438. The van der Waals surface area contributed by atoms with Gasteiger partial charge >= 0.3 is 0 Å². The van der Waals surface area contributed by atoms with Crippen LogP contribution in [-0.2, 0) is 16.0 Å². The Morgan fingerprint density at radius 2 is 2.05 bits per heavy atom. The van der Waals surface area contributed by atoms with Crippen LogP contribution in [0.4, 0.5) is 0 Å². The van der Waals surface area contributed by atoms with Crippen molar-refractivity contribution in [2.45, 2.75) is 36.3 Å². The summed E-state index contributed by atoms with van der Waals surface area (Å²) < 4.78 is 12.6. The van der Waals surface area contributed by atoms with Gasteiger partial charge in [0.25, 0.3) is 5.91 Å². The highest BCUT2D eigenvalue weighted by atomic mass is 35.5. The lowest BCUT2D eigenvalue weighted by atomic mass is 10.2. The number of hydrogen-bond donors (Lipinski definition) is 0. The van der Waals surface area contributed by atoms with E-state index >= 15 is 0 Å². The summed E-state index contributed by atoms with van der Waals surface area (Å²) in [6.07, 6.45) is 2.64. The maximum absolute atomic E-state index is 12.6. The van der Waals surface area contributed by atoms with Crippen LogP contribution in [0.25, 0.3) is 0 Å². The Kier molecular flexibility index (Phi) is 5.13. The monoisotopic (exact) mass is 299 g/mol. The normalized spacial score (nSPS) is 22.2. The molecule has 1 saturated heterocycles. The average molecular weight is 300 g/mol. The molecule has 1 fully saturated rings. The van der Waals surface area contributed by atoms with Crippen LogP contribution in [0.5, 0.6) is 0 Å². The van der Waals surface area contributed by atoms with Crippen LogP contribution in [0.1, 0.15) is 26.2 Å². The summed E-state index contributed by atoms with van der Waals surface area (Å²) in [5, 5.41) is 0.201. The third-order valence-electron chi connectivity index (χ3n) is 3.42. The molecule has 5 heteroatoms. The predicted molar refractivity (Wildman–Crippen MR) is 77.8 cm³/mol. The fraction of sp³-hybridized carbons (Fsp3) is 0.500. The molecule has 1 aromatic rings. The van der Waals surface area contributed by atoms with Gasteiger partial charge in [0.1, 0.15) is 0 Å². The number of halogens is 1. The lowest BCUT2D eigenvalue weighted by molar-refractivity contribution is -0.130. The van der Waals surface area contributed by atoms with Crippen LogP contribution >= 0.6 is 11.6 Å². The van der Waals surface area contributed by atoms with Gasteiger partial charge in [0.15, 0.2) is 10.1 Å². The third-order valence-corrected chi connectivity index (χ3v) is 5.36. The van der Waals surface area contributed by atoms with Gasteiger partial charge < -0.3 is 9.45 Å². The molecule has 2 atom stereocenters. The van der Waals surface area contributed by atoms with Gasteiger partial charge in [-0.2, -0.15) is 0 Å². The maximum atomic E-state index is 12.6. The van der Waals surface area contributed by atoms with Gasteiger partial charge in [-0.05, 0) is 55.2 Å². The SMILES string of the molecule is CCN1CCCCC([S+]([O-])c2ccc(Cl)cc2)C1=O. The highest BCUT2D eigenvalue weighted by Crippen LogP contribution is 2.25. The minimum Gasteiger partial charge on any atom is -0.611 e. The number of amides is 1. The van der Waals surface area contributed by atoms with Crippen LogP contribution in [-0.4, -0.2) is 33.7 Å². The van der Waals surface area contributed by atoms with E-state index in [0.717, 1.165) is 19.4 Å². The van der Waals surface area contributed by atoms with Crippen molar-refractivity contribution in [3.63, 3.8) is 0 Å². The van der Waals surface area contributed by atoms with Crippen LogP contribution in [0.15, 0.2) is 29.2 Å². The topological polar surface area (TPSA) is 43.4 Å². The van der Waals surface area contributed by atoms with Gasteiger partial charge in [-0.3, -0.25) is 4.79 Å². The zero-order valence-corrected chi connectivity index (χ0v) is 12.5. The molecule has 1 heterocycles. The first-order chi connectivity index (χ1) is 9.13. The van der Waals surface area contributed by atoms with Gasteiger partial charge in [-0.15, -0.1) is 0 Å². The molecule has 1 amide bonds. The predicted octanol–water partition coefficient (Wildman–Crippen LogP) is 2.85. The second-order valence-electron chi connectivity index (χ2n) is 4.65. The zero-order chi connectivity index (χ0) is 13.8. The molecule has 0 aromatic heterocycles. The fourth-order valence-electron chi connectivity index (χ4n) is 2.32. The molecule has 19 heavy (non-hydrogen) atoms. The minimum atomic E-state index is -1.29. The Morgan fingerprint density at radius 1 is 1.37 bits per heavy atom. The maximum Gasteiger partial charge on any atom is 0.276 e. The summed E-state index contributed by atoms with van der Waals surface area (Å²) in [7, 11) is 0.